The van der Waals surface area contributed by atoms with Crippen molar-refractivity contribution in [3.8, 4) is 0 Å². The fourth-order valence-corrected chi connectivity index (χ4v) is 14.1. The SMILES string of the molecule is CC(C)C(=O)CCC(=O)[C@@H]1CCCN1C(=O)CCC(=O)[C@@H]1CCCN1C(=O)CCC(=O)[C@@H]1CCCN1C(=O)CCC(=O)[C@@H]1CCCN1C(=O)CCC(=O)[C@@H]1CCCN1C(=O)CCC(=O)[C@@H]1CCCN1C(C)C.CC(C)NCCCOCCOCCOCCCNC(=O)COCC(=O)C(C)C. The number of hydrogen-bond donors (Lipinski definition) is 2. The number of carbonyl (C=O) groups is 14. The minimum atomic E-state index is -0.734. The molecule has 0 aliphatic carbocycles. The highest BCUT2D eigenvalue weighted by Gasteiger charge is 2.41. The van der Waals surface area contributed by atoms with Crippen molar-refractivity contribution in [2.24, 2.45) is 11.8 Å². The smallest absolute Gasteiger partial charge is 0.246 e. The normalized spacial score (nSPS) is 20.8. The van der Waals surface area contributed by atoms with Gasteiger partial charge in [-0.15, -0.1) is 0 Å². The number of ketones is 8. The van der Waals surface area contributed by atoms with Crippen molar-refractivity contribution in [2.75, 3.05) is 105 Å². The van der Waals surface area contributed by atoms with Gasteiger partial charge in [-0.25, -0.2) is 0 Å². The third-order valence-electron chi connectivity index (χ3n) is 19.9. The van der Waals surface area contributed by atoms with Crippen LogP contribution >= 0.6 is 0 Å². The summed E-state index contributed by atoms with van der Waals surface area (Å²) < 4.78 is 21.4. The first-order chi connectivity index (χ1) is 47.8. The summed E-state index contributed by atoms with van der Waals surface area (Å²) in [5.74, 6) is -3.07. The summed E-state index contributed by atoms with van der Waals surface area (Å²) in [5, 5.41) is 6.06. The molecule has 26 heteroatoms. The molecule has 0 saturated carbocycles. The molecule has 564 valence electrons. The predicted molar refractivity (Wildman–Crippen MR) is 372 cm³/mol. The number of carbonyl (C=O) groups excluding carboxylic acids is 14. The maximum Gasteiger partial charge on any atom is 0.246 e. The van der Waals surface area contributed by atoms with E-state index in [1.807, 2.05) is 0 Å². The van der Waals surface area contributed by atoms with Crippen LogP contribution in [0.15, 0.2) is 0 Å². The second-order valence-electron chi connectivity index (χ2n) is 28.8. The summed E-state index contributed by atoms with van der Waals surface area (Å²) in [4.78, 5) is 191. The van der Waals surface area contributed by atoms with Crippen molar-refractivity contribution >= 4 is 81.7 Å². The van der Waals surface area contributed by atoms with Crippen molar-refractivity contribution < 1.29 is 86.1 Å². The first-order valence-electron chi connectivity index (χ1n) is 37.6. The molecule has 0 aromatic carbocycles. The van der Waals surface area contributed by atoms with Gasteiger partial charge < -0.3 is 54.1 Å². The van der Waals surface area contributed by atoms with Crippen LogP contribution in [0.2, 0.25) is 0 Å². The third kappa shape index (κ3) is 28.3. The molecule has 6 atom stereocenters. The summed E-state index contributed by atoms with van der Waals surface area (Å²) in [6, 6.07) is -2.80. The van der Waals surface area contributed by atoms with E-state index in [0.29, 0.717) is 149 Å². The van der Waals surface area contributed by atoms with Gasteiger partial charge in [0.25, 0.3) is 0 Å². The molecular weight excluding hydrogens is 1290 g/mol. The minimum absolute atomic E-state index is 0.000762. The number of ether oxygens (including phenoxy) is 4. The molecule has 0 aromatic heterocycles. The van der Waals surface area contributed by atoms with Crippen molar-refractivity contribution in [3.63, 3.8) is 0 Å². The Hall–Kier alpha value is -6.06. The van der Waals surface area contributed by atoms with Crippen molar-refractivity contribution in [1.29, 1.82) is 0 Å². The molecule has 6 saturated heterocycles. The molecule has 100 heavy (non-hydrogen) atoms. The number of rotatable bonds is 46. The summed E-state index contributed by atoms with van der Waals surface area (Å²) in [7, 11) is 0. The molecule has 0 aromatic rings. The Morgan fingerprint density at radius 3 is 0.960 bits per heavy atom. The highest BCUT2D eigenvalue weighted by Crippen LogP contribution is 2.29. The number of likely N-dealkylation sites (tertiary alicyclic amines) is 6. The average molecular weight is 1410 g/mol. The van der Waals surface area contributed by atoms with Crippen LogP contribution in [0.25, 0.3) is 0 Å². The zero-order valence-electron chi connectivity index (χ0n) is 61.5. The molecule has 0 bridgehead atoms. The lowest BCUT2D eigenvalue weighted by atomic mass is 9.99. The molecule has 6 aliphatic heterocycles. The van der Waals surface area contributed by atoms with Crippen LogP contribution in [0.3, 0.4) is 0 Å². The second-order valence-corrected chi connectivity index (χ2v) is 28.8. The molecule has 6 fully saturated rings. The Labute approximate surface area is 593 Å². The predicted octanol–water partition coefficient (Wildman–Crippen LogP) is 5.31. The van der Waals surface area contributed by atoms with Crippen LogP contribution in [-0.4, -0.2) is 265 Å². The van der Waals surface area contributed by atoms with Gasteiger partial charge in [-0.3, -0.25) is 72.0 Å². The van der Waals surface area contributed by atoms with E-state index in [-0.39, 0.29) is 196 Å². The lowest BCUT2D eigenvalue weighted by Gasteiger charge is -2.28. The van der Waals surface area contributed by atoms with Gasteiger partial charge in [-0.05, 0) is 117 Å². The van der Waals surface area contributed by atoms with E-state index in [1.54, 1.807) is 32.6 Å². The summed E-state index contributed by atoms with van der Waals surface area (Å²) in [6.07, 6.45) is 8.48. The van der Waals surface area contributed by atoms with Crippen molar-refractivity contribution in [1.82, 2.24) is 40.0 Å². The van der Waals surface area contributed by atoms with Gasteiger partial charge >= 0.3 is 0 Å². The van der Waals surface area contributed by atoms with Crippen LogP contribution < -0.4 is 10.6 Å². The molecule has 6 heterocycles. The third-order valence-corrected chi connectivity index (χ3v) is 19.9. The van der Waals surface area contributed by atoms with Gasteiger partial charge in [-0.2, -0.15) is 0 Å². The minimum Gasteiger partial charge on any atom is -0.379 e. The second kappa shape index (κ2) is 45.1. The van der Waals surface area contributed by atoms with E-state index in [1.165, 1.54) is 19.6 Å². The highest BCUT2D eigenvalue weighted by atomic mass is 16.5. The van der Waals surface area contributed by atoms with Crippen LogP contribution in [0.1, 0.15) is 222 Å². The Bertz CT molecular complexity index is 2740. The molecule has 2 N–H and O–H groups in total. The molecule has 6 aliphatic rings. The van der Waals surface area contributed by atoms with E-state index < -0.39 is 30.2 Å². The summed E-state index contributed by atoms with van der Waals surface area (Å²) in [6.45, 7) is 23.2. The molecule has 6 amide bonds. The lowest BCUT2D eigenvalue weighted by molar-refractivity contribution is -0.142. The van der Waals surface area contributed by atoms with Crippen molar-refractivity contribution in [2.45, 2.75) is 271 Å². The number of amides is 6. The maximum absolute atomic E-state index is 13.5. The number of nitrogens with one attached hydrogen (secondary N) is 2. The first kappa shape index (κ1) is 84.6. The fraction of sp³-hybridized carbons (Fsp3) is 0.811. The first-order valence-corrected chi connectivity index (χ1v) is 37.6. The standard InChI is InChI=1S/C54H80N6O12.C20H40N2O6/c1-35(2)43(61)17-18-44(62)38-12-6-30-56(38)51(69)25-20-46(64)40-14-8-32-58(40)53(71)27-22-48(66)42-16-10-34-60(42)54(72)28-23-49(67)41-15-9-33-59(41)52(70)26-21-47(65)39-13-7-31-57(39)50(68)24-19-45(63)37-11-5-29-55(37)36(3)4;1-17(2)19(23)15-28-16-20(24)22-8-6-10-26-12-14-27-13-11-25-9-5-7-21-18(3)4/h35-42H,5-34H2,1-4H3;17-18,21H,5-16H2,1-4H3,(H,22,24)/t37-,38-,39-,40-,41-,42-;/m0./s1. The molecular formula is C74H120N8O18. The Morgan fingerprint density at radius 1 is 0.330 bits per heavy atom. The summed E-state index contributed by atoms with van der Waals surface area (Å²) >= 11 is 0. The Morgan fingerprint density at radius 2 is 0.630 bits per heavy atom. The number of Topliss-reactive ketones (excluding diaryl/α,β-unsaturated/α-hetero) is 8. The van der Waals surface area contributed by atoms with Crippen molar-refractivity contribution in [3.05, 3.63) is 0 Å². The van der Waals surface area contributed by atoms with E-state index >= 15 is 0 Å². The quantitative estimate of drug-likeness (QED) is 0.0730. The van der Waals surface area contributed by atoms with Gasteiger partial charge in [0.05, 0.1) is 62.7 Å². The van der Waals surface area contributed by atoms with E-state index in [4.69, 9.17) is 18.9 Å². The van der Waals surface area contributed by atoms with Gasteiger partial charge in [0.2, 0.25) is 35.4 Å². The fourth-order valence-electron chi connectivity index (χ4n) is 14.1. The van der Waals surface area contributed by atoms with Gasteiger partial charge in [0.15, 0.2) is 34.7 Å². The van der Waals surface area contributed by atoms with Crippen LogP contribution in [0, 0.1) is 11.8 Å². The molecule has 0 unspecified atom stereocenters. The lowest BCUT2D eigenvalue weighted by Crippen LogP contribution is -2.44. The Balaban J connectivity index is 0.000000542. The number of nitrogens with zero attached hydrogens (tertiary/aromatic N) is 6. The van der Waals surface area contributed by atoms with Gasteiger partial charge in [0.1, 0.15) is 24.8 Å². The van der Waals surface area contributed by atoms with E-state index in [2.05, 4.69) is 43.2 Å². The Kier molecular flexibility index (Phi) is 38.2. The van der Waals surface area contributed by atoms with E-state index in [9.17, 15) is 67.1 Å². The molecule has 0 radical (unpaired) electrons. The molecule has 26 nitrogen and oxygen atoms in total. The molecule has 6 rings (SSSR count). The number of hydrogen-bond acceptors (Lipinski definition) is 20. The monoisotopic (exact) mass is 1410 g/mol. The van der Waals surface area contributed by atoms with Crippen LogP contribution in [-0.2, 0) is 86.1 Å². The zero-order valence-corrected chi connectivity index (χ0v) is 61.5. The van der Waals surface area contributed by atoms with Crippen LogP contribution in [0.5, 0.6) is 0 Å². The largest absolute Gasteiger partial charge is 0.379 e. The topological polar surface area (TPSA) is 319 Å². The van der Waals surface area contributed by atoms with Gasteiger partial charge in [0, 0.05) is 153 Å². The van der Waals surface area contributed by atoms with Gasteiger partial charge in [-0.1, -0.05) is 41.5 Å². The maximum atomic E-state index is 13.5. The van der Waals surface area contributed by atoms with E-state index in [0.717, 1.165) is 39.0 Å². The average Bonchev–Trinajstić information content (AvgIpc) is 1.67. The highest BCUT2D eigenvalue weighted by molar-refractivity contribution is 5.98. The zero-order chi connectivity index (χ0) is 73.3. The van der Waals surface area contributed by atoms with Crippen LogP contribution in [0.4, 0.5) is 0 Å². The summed E-state index contributed by atoms with van der Waals surface area (Å²) in [5.41, 5.74) is 0. The molecule has 0 spiro atoms.